The Hall–Kier alpha value is -5.73. The van der Waals surface area contributed by atoms with E-state index in [0.29, 0.717) is 54.9 Å². The number of piperidine rings is 1. The molecule has 0 atom stereocenters. The zero-order valence-corrected chi connectivity index (χ0v) is 35.1. The van der Waals surface area contributed by atoms with Crippen molar-refractivity contribution in [1.82, 2.24) is 20.4 Å². The summed E-state index contributed by atoms with van der Waals surface area (Å²) in [5.74, 6) is -0.539. The number of nitrogens with zero attached hydrogens (tertiary/aromatic N) is 2. The minimum atomic E-state index is -0.711. The third-order valence-electron chi connectivity index (χ3n) is 8.33. The van der Waals surface area contributed by atoms with Gasteiger partial charge in [0.05, 0.1) is 13.2 Å². The van der Waals surface area contributed by atoms with E-state index in [-0.39, 0.29) is 86.2 Å². The van der Waals surface area contributed by atoms with Crippen LogP contribution < -0.4 is 20.1 Å². The number of Topliss-reactive ketones (excluding diaryl/α,β-unsaturated/α-hetero) is 1. The lowest BCUT2D eigenvalue weighted by molar-refractivity contribution is -0.133. The molecule has 1 aliphatic rings. The SMILES string of the molecule is CCOc1cc(/C=C2\CN(C(=O)CCC(=O)NCCCN(CCCNC(=O)OC(C)(C)C)C(=O)OC(C)(C)C)C/C(=C\c3ccc(O)c(OCC)c3)C2=O)ccc1O. The lowest BCUT2D eigenvalue weighted by Crippen LogP contribution is -2.42. The fourth-order valence-corrected chi connectivity index (χ4v) is 5.76. The van der Waals surface area contributed by atoms with E-state index in [2.05, 4.69) is 10.6 Å². The molecule has 58 heavy (non-hydrogen) atoms. The van der Waals surface area contributed by atoms with Gasteiger partial charge in [-0.2, -0.15) is 0 Å². The molecule has 4 N–H and O–H groups in total. The van der Waals surface area contributed by atoms with Crippen molar-refractivity contribution < 1.29 is 53.1 Å². The average molecular weight is 809 g/mol. The molecule has 0 aromatic heterocycles. The van der Waals surface area contributed by atoms with Crippen molar-refractivity contribution in [3.05, 3.63) is 58.7 Å². The number of carbonyl (C=O) groups excluding carboxylic acids is 5. The molecule has 1 saturated heterocycles. The molecular weight excluding hydrogens is 748 g/mol. The van der Waals surface area contributed by atoms with Crippen molar-refractivity contribution in [2.75, 3.05) is 52.5 Å². The second-order valence-corrected chi connectivity index (χ2v) is 15.7. The summed E-state index contributed by atoms with van der Waals surface area (Å²) in [6.45, 7) is 16.0. The van der Waals surface area contributed by atoms with Crippen molar-refractivity contribution in [3.63, 3.8) is 0 Å². The second kappa shape index (κ2) is 21.7. The number of nitrogens with one attached hydrogen (secondary N) is 2. The molecule has 15 nitrogen and oxygen atoms in total. The molecule has 2 aromatic rings. The van der Waals surface area contributed by atoms with Crippen LogP contribution in [0.15, 0.2) is 47.5 Å². The highest BCUT2D eigenvalue weighted by atomic mass is 16.6. The molecule has 2 aromatic carbocycles. The Morgan fingerprint density at radius 1 is 0.741 bits per heavy atom. The number of phenolic OH excluding ortho intramolecular Hbond substituents is 2. The number of alkyl carbamates (subject to hydrolysis) is 1. The van der Waals surface area contributed by atoms with Gasteiger partial charge < -0.3 is 49.6 Å². The quantitative estimate of drug-likeness (QED) is 0.105. The molecule has 1 heterocycles. The van der Waals surface area contributed by atoms with Crippen molar-refractivity contribution in [2.45, 2.75) is 92.3 Å². The Morgan fingerprint density at radius 3 is 1.69 bits per heavy atom. The van der Waals surface area contributed by atoms with Crippen LogP contribution in [0.5, 0.6) is 23.0 Å². The normalized spacial score (nSPS) is 14.6. The first-order chi connectivity index (χ1) is 27.3. The van der Waals surface area contributed by atoms with Gasteiger partial charge in [-0.05, 0) is 116 Å². The third-order valence-corrected chi connectivity index (χ3v) is 8.33. The monoisotopic (exact) mass is 808 g/mol. The van der Waals surface area contributed by atoms with E-state index < -0.39 is 23.4 Å². The van der Waals surface area contributed by atoms with Crippen molar-refractivity contribution in [3.8, 4) is 23.0 Å². The largest absolute Gasteiger partial charge is 0.504 e. The maximum atomic E-state index is 13.8. The van der Waals surface area contributed by atoms with Gasteiger partial charge in [0, 0.05) is 63.3 Å². The minimum Gasteiger partial charge on any atom is -0.504 e. The first kappa shape index (κ1) is 46.7. The Bertz CT molecular complexity index is 1750. The van der Waals surface area contributed by atoms with E-state index >= 15 is 0 Å². The van der Waals surface area contributed by atoms with Gasteiger partial charge in [-0.25, -0.2) is 9.59 Å². The number of ketones is 1. The number of hydrogen-bond donors (Lipinski definition) is 4. The number of carbonyl (C=O) groups is 5. The van der Waals surface area contributed by atoms with Gasteiger partial charge in [-0.15, -0.1) is 0 Å². The number of likely N-dealkylation sites (tertiary alicyclic amines) is 1. The molecule has 1 aliphatic heterocycles. The highest BCUT2D eigenvalue weighted by molar-refractivity contribution is 6.15. The minimum absolute atomic E-state index is 0.00492. The number of phenols is 2. The van der Waals surface area contributed by atoms with E-state index in [4.69, 9.17) is 18.9 Å². The van der Waals surface area contributed by atoms with Crippen molar-refractivity contribution in [1.29, 1.82) is 0 Å². The lowest BCUT2D eigenvalue weighted by atomic mass is 9.93. The summed E-state index contributed by atoms with van der Waals surface area (Å²) < 4.78 is 21.8. The summed E-state index contributed by atoms with van der Waals surface area (Å²) in [4.78, 5) is 68.2. The molecule has 0 aliphatic carbocycles. The molecule has 0 spiro atoms. The number of ether oxygens (including phenoxy) is 4. The van der Waals surface area contributed by atoms with Gasteiger partial charge in [0.2, 0.25) is 11.8 Å². The molecule has 0 saturated carbocycles. The van der Waals surface area contributed by atoms with Crippen LogP contribution in [-0.2, 0) is 23.9 Å². The van der Waals surface area contributed by atoms with Crippen LogP contribution in [0.4, 0.5) is 9.59 Å². The second-order valence-electron chi connectivity index (χ2n) is 15.7. The topological polar surface area (TPSA) is 193 Å². The molecule has 0 radical (unpaired) electrons. The number of rotatable bonds is 17. The van der Waals surface area contributed by atoms with Crippen LogP contribution in [0.1, 0.15) is 92.2 Å². The van der Waals surface area contributed by atoms with Crippen molar-refractivity contribution in [2.24, 2.45) is 0 Å². The Labute approximate surface area is 341 Å². The average Bonchev–Trinajstić information content (AvgIpc) is 3.12. The van der Waals surface area contributed by atoms with E-state index in [0.717, 1.165) is 0 Å². The summed E-state index contributed by atoms with van der Waals surface area (Å²) in [6, 6.07) is 9.43. The first-order valence-corrected chi connectivity index (χ1v) is 19.6. The van der Waals surface area contributed by atoms with E-state index in [1.807, 2.05) is 0 Å². The van der Waals surface area contributed by atoms with Crippen LogP contribution in [-0.4, -0.2) is 113 Å². The molecule has 4 amide bonds. The molecular formula is C43H60N4O11. The number of hydrogen-bond acceptors (Lipinski definition) is 11. The highest BCUT2D eigenvalue weighted by Crippen LogP contribution is 2.31. The third kappa shape index (κ3) is 16.0. The lowest BCUT2D eigenvalue weighted by Gasteiger charge is -2.30. The smallest absolute Gasteiger partial charge is 0.410 e. The zero-order valence-electron chi connectivity index (χ0n) is 35.1. The Kier molecular flexibility index (Phi) is 17.5. The van der Waals surface area contributed by atoms with Crippen molar-refractivity contribution >= 4 is 41.9 Å². The number of aromatic hydroxyl groups is 2. The maximum absolute atomic E-state index is 13.8. The van der Waals surface area contributed by atoms with Gasteiger partial charge in [0.15, 0.2) is 28.8 Å². The molecule has 0 unspecified atom stereocenters. The fraction of sp³-hybridized carbons (Fsp3) is 0.512. The molecule has 15 heteroatoms. The summed E-state index contributed by atoms with van der Waals surface area (Å²) in [6.07, 6.45) is 2.89. The Morgan fingerprint density at radius 2 is 1.22 bits per heavy atom. The number of benzene rings is 2. The van der Waals surface area contributed by atoms with E-state index in [1.165, 1.54) is 21.9 Å². The first-order valence-electron chi connectivity index (χ1n) is 19.6. The van der Waals surface area contributed by atoms with Gasteiger partial charge in [-0.3, -0.25) is 14.4 Å². The van der Waals surface area contributed by atoms with Gasteiger partial charge in [-0.1, -0.05) is 12.1 Å². The van der Waals surface area contributed by atoms with Gasteiger partial charge in [0.25, 0.3) is 0 Å². The van der Waals surface area contributed by atoms with E-state index in [9.17, 15) is 34.2 Å². The predicted octanol–water partition coefficient (Wildman–Crippen LogP) is 6.21. The highest BCUT2D eigenvalue weighted by Gasteiger charge is 2.30. The summed E-state index contributed by atoms with van der Waals surface area (Å²) in [5, 5.41) is 25.9. The van der Waals surface area contributed by atoms with Gasteiger partial charge >= 0.3 is 12.2 Å². The van der Waals surface area contributed by atoms with Crippen LogP contribution in [0.25, 0.3) is 12.2 Å². The standard InChI is InChI=1S/C43H60N4O11/c1-9-55-35-25-29(13-15-33(35)48)23-31-27-47(28-32(39(31)52)24-30-14-16-34(49)36(26-30)56-10-2)38(51)18-17-37(50)44-19-11-21-46(41(54)58-43(6,7)8)22-12-20-45-40(53)57-42(3,4)5/h13-16,23-26,48-49H,9-12,17-22,27-28H2,1-8H3,(H,44,50)(H,45,53)/b31-23+,32-24+. The number of amides is 4. The predicted molar refractivity (Wildman–Crippen MR) is 220 cm³/mol. The maximum Gasteiger partial charge on any atom is 0.410 e. The summed E-state index contributed by atoms with van der Waals surface area (Å²) >= 11 is 0. The zero-order chi connectivity index (χ0) is 43.0. The summed E-state index contributed by atoms with van der Waals surface area (Å²) in [5.41, 5.74) is 0.476. The van der Waals surface area contributed by atoms with Crippen LogP contribution in [0.3, 0.4) is 0 Å². The molecule has 0 bridgehead atoms. The molecule has 318 valence electrons. The molecule has 3 rings (SSSR count). The summed E-state index contributed by atoms with van der Waals surface area (Å²) in [7, 11) is 0. The molecule has 1 fully saturated rings. The fourth-order valence-electron chi connectivity index (χ4n) is 5.76. The Balaban J connectivity index is 1.65. The van der Waals surface area contributed by atoms with Gasteiger partial charge in [0.1, 0.15) is 11.2 Å². The van der Waals surface area contributed by atoms with Crippen LogP contribution in [0.2, 0.25) is 0 Å². The van der Waals surface area contributed by atoms with Crippen LogP contribution >= 0.6 is 0 Å². The van der Waals surface area contributed by atoms with Crippen LogP contribution in [0, 0.1) is 0 Å². The van der Waals surface area contributed by atoms with E-state index in [1.54, 1.807) is 91.8 Å².